The van der Waals surface area contributed by atoms with Gasteiger partial charge >= 0.3 is 61.8 Å². The maximum absolute atomic E-state index is 8.74. The Hall–Kier alpha value is 2.13. The van der Waals surface area contributed by atoms with Crippen molar-refractivity contribution in [2.45, 2.75) is 0 Å². The SMILES string of the molecule is O=S(=O)(O)O.[KH].[Rh]. The van der Waals surface area contributed by atoms with Crippen molar-refractivity contribution in [1.82, 2.24) is 0 Å². The summed E-state index contributed by atoms with van der Waals surface area (Å²) >= 11 is 0. The van der Waals surface area contributed by atoms with Gasteiger partial charge in [-0.2, -0.15) is 8.42 Å². The van der Waals surface area contributed by atoms with Crippen molar-refractivity contribution in [1.29, 1.82) is 0 Å². The smallest absolute Gasteiger partial charge is 0 e. The van der Waals surface area contributed by atoms with Gasteiger partial charge in [0.15, 0.2) is 0 Å². The van der Waals surface area contributed by atoms with E-state index in [1.807, 2.05) is 0 Å². The van der Waals surface area contributed by atoms with Gasteiger partial charge in [-0.25, -0.2) is 0 Å². The fourth-order valence-corrected chi connectivity index (χ4v) is 0. The Morgan fingerprint density at radius 2 is 1.14 bits per heavy atom. The van der Waals surface area contributed by atoms with Crippen LogP contribution in [0.15, 0.2) is 0 Å². The summed E-state index contributed by atoms with van der Waals surface area (Å²) in [6.07, 6.45) is 0. The van der Waals surface area contributed by atoms with Crippen molar-refractivity contribution >= 4 is 61.8 Å². The van der Waals surface area contributed by atoms with Crippen molar-refractivity contribution in [3.63, 3.8) is 0 Å². The molecular formula is H3KO4RhS. The zero-order chi connectivity index (χ0) is 4.50. The third kappa shape index (κ3) is 67.3. The molecule has 0 saturated carbocycles. The van der Waals surface area contributed by atoms with Crippen molar-refractivity contribution in [3.05, 3.63) is 0 Å². The molecule has 0 amide bonds. The summed E-state index contributed by atoms with van der Waals surface area (Å²) in [5.41, 5.74) is 0. The molecule has 7 heavy (non-hydrogen) atoms. The minimum absolute atomic E-state index is 0. The van der Waals surface area contributed by atoms with Crippen LogP contribution in [-0.2, 0) is 29.9 Å². The molecule has 0 atom stereocenters. The molecule has 0 aliphatic carbocycles. The summed E-state index contributed by atoms with van der Waals surface area (Å²) in [4.78, 5) is 0. The van der Waals surface area contributed by atoms with E-state index in [0.717, 1.165) is 0 Å². The molecule has 0 unspecified atom stereocenters. The summed E-state index contributed by atoms with van der Waals surface area (Å²) in [5.74, 6) is 0. The van der Waals surface area contributed by atoms with E-state index in [0.29, 0.717) is 0 Å². The first-order valence-electron chi connectivity index (χ1n) is 0.698. The number of hydrogen-bond donors (Lipinski definition) is 2. The fourth-order valence-electron chi connectivity index (χ4n) is 0. The van der Waals surface area contributed by atoms with Crippen molar-refractivity contribution in [3.8, 4) is 0 Å². The molecular weight excluding hydrogens is 238 g/mol. The molecule has 0 aromatic heterocycles. The Labute approximate surface area is 96.8 Å². The van der Waals surface area contributed by atoms with E-state index in [2.05, 4.69) is 0 Å². The van der Waals surface area contributed by atoms with Gasteiger partial charge in [0.05, 0.1) is 0 Å². The Morgan fingerprint density at radius 3 is 1.14 bits per heavy atom. The molecule has 43 valence electrons. The zero-order valence-corrected chi connectivity index (χ0v) is 4.91. The van der Waals surface area contributed by atoms with Gasteiger partial charge in [-0.05, 0) is 0 Å². The average molecular weight is 241 g/mol. The predicted octanol–water partition coefficient (Wildman–Crippen LogP) is -1.30. The van der Waals surface area contributed by atoms with Crippen molar-refractivity contribution in [2.75, 3.05) is 0 Å². The number of rotatable bonds is 0. The third-order valence-corrected chi connectivity index (χ3v) is 0. The average Bonchev–Trinajstić information content (AvgIpc) is 0.722. The van der Waals surface area contributed by atoms with E-state index < -0.39 is 10.4 Å². The van der Waals surface area contributed by atoms with Crippen molar-refractivity contribution in [2.24, 2.45) is 0 Å². The normalized spacial score (nSPS) is 8.29. The molecule has 7 heteroatoms. The predicted molar refractivity (Wildman–Crippen MR) is 21.3 cm³/mol. The summed E-state index contributed by atoms with van der Waals surface area (Å²) < 4.78 is 31.6. The summed E-state index contributed by atoms with van der Waals surface area (Å²) in [5, 5.41) is 0. The fraction of sp³-hybridized carbons (Fsp3) is 0. The van der Waals surface area contributed by atoms with E-state index in [4.69, 9.17) is 17.5 Å². The van der Waals surface area contributed by atoms with Crippen LogP contribution in [-0.4, -0.2) is 68.9 Å². The first-order chi connectivity index (χ1) is 2.00. The zero-order valence-electron chi connectivity index (χ0n) is 2.45. The first-order valence-corrected chi connectivity index (χ1v) is 2.10. The van der Waals surface area contributed by atoms with Gasteiger partial charge < -0.3 is 0 Å². The van der Waals surface area contributed by atoms with Crippen LogP contribution in [0.5, 0.6) is 0 Å². The molecule has 1 radical (unpaired) electrons. The monoisotopic (exact) mass is 241 g/mol. The van der Waals surface area contributed by atoms with Gasteiger partial charge in [0.2, 0.25) is 0 Å². The van der Waals surface area contributed by atoms with Crippen LogP contribution in [0, 0.1) is 0 Å². The minimum atomic E-state index is -4.67. The van der Waals surface area contributed by atoms with Crippen LogP contribution in [0.25, 0.3) is 0 Å². The van der Waals surface area contributed by atoms with Crippen molar-refractivity contribution < 1.29 is 37.0 Å². The number of hydrogen-bond acceptors (Lipinski definition) is 2. The van der Waals surface area contributed by atoms with Crippen LogP contribution in [0.1, 0.15) is 0 Å². The summed E-state index contributed by atoms with van der Waals surface area (Å²) in [6.45, 7) is 0. The molecule has 0 heterocycles. The quantitative estimate of drug-likeness (QED) is 0.408. The Morgan fingerprint density at radius 1 is 1.14 bits per heavy atom. The second-order valence-corrected chi connectivity index (χ2v) is 1.34. The van der Waals surface area contributed by atoms with Crippen LogP contribution >= 0.6 is 0 Å². The molecule has 0 bridgehead atoms. The van der Waals surface area contributed by atoms with Crippen LogP contribution in [0.3, 0.4) is 0 Å². The first kappa shape index (κ1) is 16.1. The van der Waals surface area contributed by atoms with Gasteiger partial charge in [0.1, 0.15) is 0 Å². The maximum Gasteiger partial charge on any atom is 0 e. The van der Waals surface area contributed by atoms with Gasteiger partial charge in [-0.1, -0.05) is 0 Å². The molecule has 0 fully saturated rings. The topological polar surface area (TPSA) is 74.6 Å². The van der Waals surface area contributed by atoms with Gasteiger partial charge in [-0.15, -0.1) is 0 Å². The second-order valence-electron chi connectivity index (χ2n) is 0.448. The van der Waals surface area contributed by atoms with Gasteiger partial charge in [0, 0.05) is 19.5 Å². The molecule has 0 aliphatic rings. The van der Waals surface area contributed by atoms with Crippen LogP contribution in [0.2, 0.25) is 0 Å². The van der Waals surface area contributed by atoms with E-state index in [9.17, 15) is 0 Å². The second kappa shape index (κ2) is 6.25. The van der Waals surface area contributed by atoms with Gasteiger partial charge in [-0.3, -0.25) is 9.11 Å². The minimum Gasteiger partial charge on any atom is 0 e. The van der Waals surface area contributed by atoms with Gasteiger partial charge in [0.25, 0.3) is 0 Å². The van der Waals surface area contributed by atoms with Crippen LogP contribution in [0.4, 0.5) is 0 Å². The molecule has 0 aromatic carbocycles. The molecule has 0 saturated heterocycles. The Balaban J connectivity index is -0.0000000800. The molecule has 0 aromatic rings. The Kier molecular flexibility index (Phi) is 14.3. The van der Waals surface area contributed by atoms with E-state index in [1.54, 1.807) is 0 Å². The van der Waals surface area contributed by atoms with E-state index in [1.165, 1.54) is 0 Å². The summed E-state index contributed by atoms with van der Waals surface area (Å²) in [6, 6.07) is 0. The molecule has 0 rings (SSSR count). The molecule has 0 spiro atoms. The largest absolute Gasteiger partial charge is 0 e. The van der Waals surface area contributed by atoms with Crippen LogP contribution < -0.4 is 0 Å². The summed E-state index contributed by atoms with van der Waals surface area (Å²) in [7, 11) is -4.67. The Bertz CT molecular complexity index is 94.9. The van der Waals surface area contributed by atoms with E-state index in [-0.39, 0.29) is 70.9 Å². The molecule has 2 N–H and O–H groups in total. The third-order valence-electron chi connectivity index (χ3n) is 0. The standard InChI is InChI=1S/K.H2O4S.Rh.H/c;1-5(2,3)4;;/h;(H2,1,2,3,4);;. The molecule has 4 nitrogen and oxygen atoms in total. The molecule has 0 aliphatic heterocycles. The maximum atomic E-state index is 8.74. The van der Waals surface area contributed by atoms with E-state index >= 15 is 0 Å².